The van der Waals surface area contributed by atoms with Gasteiger partial charge in [-0.1, -0.05) is 6.07 Å². The Kier molecular flexibility index (Phi) is 6.33. The third-order valence-corrected chi connectivity index (χ3v) is 5.84. The number of aromatic hydroxyl groups is 1. The number of fused-ring (bicyclic) bond motifs is 1. The normalized spacial score (nSPS) is 11.9. The molecule has 0 bridgehead atoms. The SMILES string of the molecule is COc1ncccc1-c1ccc(O)c(-c2nc3cc(C(=O)N[C@H](CO)Cc4c[nH]cn4)ccc3[nH]2)c1. The maximum Gasteiger partial charge on any atom is 0.251 e. The number of nitrogens with zero attached hydrogens (tertiary/aromatic N) is 3. The number of amides is 1. The van der Waals surface area contributed by atoms with Gasteiger partial charge in [0.25, 0.3) is 5.91 Å². The molecule has 0 aliphatic rings. The van der Waals surface area contributed by atoms with Crippen molar-refractivity contribution in [3.05, 3.63) is 78.5 Å². The van der Waals surface area contributed by atoms with Gasteiger partial charge in [-0.05, 0) is 48.0 Å². The predicted octanol–water partition coefficient (Wildman–Crippen LogP) is 3.06. The van der Waals surface area contributed by atoms with Crippen molar-refractivity contribution >= 4 is 16.9 Å². The number of pyridine rings is 1. The van der Waals surface area contributed by atoms with E-state index in [-0.39, 0.29) is 18.3 Å². The maximum atomic E-state index is 12.8. The van der Waals surface area contributed by atoms with Crippen molar-refractivity contribution in [2.45, 2.75) is 12.5 Å². The Morgan fingerprint density at radius 3 is 2.81 bits per heavy atom. The van der Waals surface area contributed by atoms with E-state index >= 15 is 0 Å². The molecule has 1 amide bonds. The van der Waals surface area contributed by atoms with Crippen molar-refractivity contribution in [3.63, 3.8) is 0 Å². The quantitative estimate of drug-likeness (QED) is 0.227. The molecule has 0 spiro atoms. The van der Waals surface area contributed by atoms with Gasteiger partial charge in [-0.15, -0.1) is 0 Å². The number of phenolic OH excluding ortho intramolecular Hbond substituents is 1. The smallest absolute Gasteiger partial charge is 0.251 e. The van der Waals surface area contributed by atoms with E-state index in [4.69, 9.17) is 4.74 Å². The first-order valence-corrected chi connectivity index (χ1v) is 11.3. The summed E-state index contributed by atoms with van der Waals surface area (Å²) in [6.45, 7) is -0.218. The minimum atomic E-state index is -0.476. The van der Waals surface area contributed by atoms with E-state index in [0.29, 0.717) is 40.3 Å². The molecular formula is C26H24N6O4. The number of hydrogen-bond donors (Lipinski definition) is 5. The summed E-state index contributed by atoms with van der Waals surface area (Å²) in [5.41, 5.74) is 4.51. The second kappa shape index (κ2) is 9.88. The predicted molar refractivity (Wildman–Crippen MR) is 134 cm³/mol. The lowest BCUT2D eigenvalue weighted by Crippen LogP contribution is -2.39. The number of carbonyl (C=O) groups is 1. The second-order valence-electron chi connectivity index (χ2n) is 8.23. The van der Waals surface area contributed by atoms with Crippen LogP contribution >= 0.6 is 0 Å². The van der Waals surface area contributed by atoms with E-state index in [2.05, 4.69) is 30.2 Å². The number of phenols is 1. The van der Waals surface area contributed by atoms with Crippen LogP contribution in [0.1, 0.15) is 16.1 Å². The Balaban J connectivity index is 1.42. The van der Waals surface area contributed by atoms with Crippen LogP contribution in [0.4, 0.5) is 0 Å². The molecule has 0 aliphatic heterocycles. The molecule has 0 radical (unpaired) electrons. The first-order valence-electron chi connectivity index (χ1n) is 11.3. The Hall–Kier alpha value is -4.70. The summed E-state index contributed by atoms with van der Waals surface area (Å²) in [5, 5.41) is 23.1. The number of methoxy groups -OCH3 is 1. The van der Waals surface area contributed by atoms with Crippen LogP contribution in [0, 0.1) is 0 Å². The highest BCUT2D eigenvalue weighted by Gasteiger charge is 2.17. The van der Waals surface area contributed by atoms with E-state index in [9.17, 15) is 15.0 Å². The molecule has 1 atom stereocenters. The third kappa shape index (κ3) is 4.62. The number of H-pyrrole nitrogens is 2. The summed E-state index contributed by atoms with van der Waals surface area (Å²) in [7, 11) is 1.56. The van der Waals surface area contributed by atoms with Crippen LogP contribution in [0.25, 0.3) is 33.5 Å². The fourth-order valence-corrected chi connectivity index (χ4v) is 4.03. The van der Waals surface area contributed by atoms with Crippen LogP contribution < -0.4 is 10.1 Å². The number of aromatic nitrogens is 5. The van der Waals surface area contributed by atoms with E-state index in [1.165, 1.54) is 0 Å². The number of carbonyl (C=O) groups excluding carboxylic acids is 1. The zero-order valence-corrected chi connectivity index (χ0v) is 19.4. The van der Waals surface area contributed by atoms with Gasteiger partial charge in [-0.25, -0.2) is 15.0 Å². The van der Waals surface area contributed by atoms with Crippen LogP contribution in [0.3, 0.4) is 0 Å². The Bertz CT molecular complexity index is 1510. The molecule has 36 heavy (non-hydrogen) atoms. The molecule has 0 aliphatic carbocycles. The van der Waals surface area contributed by atoms with Crippen LogP contribution in [-0.4, -0.2) is 60.8 Å². The first-order chi connectivity index (χ1) is 17.6. The molecule has 5 aromatic rings. The molecule has 10 nitrogen and oxygen atoms in total. The Labute approximate surface area is 206 Å². The number of hydrogen-bond acceptors (Lipinski definition) is 7. The van der Waals surface area contributed by atoms with Crippen LogP contribution in [0.2, 0.25) is 0 Å². The average Bonchev–Trinajstić information content (AvgIpc) is 3.57. The maximum absolute atomic E-state index is 12.8. The van der Waals surface area contributed by atoms with Gasteiger partial charge in [-0.2, -0.15) is 0 Å². The van der Waals surface area contributed by atoms with E-state index in [1.807, 2.05) is 12.1 Å². The fraction of sp³-hybridized carbons (Fsp3) is 0.154. The number of nitrogens with one attached hydrogen (secondary N) is 3. The second-order valence-corrected chi connectivity index (χ2v) is 8.23. The van der Waals surface area contributed by atoms with Crippen molar-refractivity contribution < 1.29 is 19.7 Å². The molecule has 10 heteroatoms. The van der Waals surface area contributed by atoms with Gasteiger partial charge in [0.1, 0.15) is 11.6 Å². The number of imidazole rings is 2. The highest BCUT2D eigenvalue weighted by molar-refractivity contribution is 5.98. The van der Waals surface area contributed by atoms with Crippen LogP contribution in [0.5, 0.6) is 11.6 Å². The summed E-state index contributed by atoms with van der Waals surface area (Å²) < 4.78 is 5.37. The monoisotopic (exact) mass is 484 g/mol. The third-order valence-electron chi connectivity index (χ3n) is 5.84. The van der Waals surface area contributed by atoms with E-state index in [0.717, 1.165) is 16.8 Å². The van der Waals surface area contributed by atoms with Gasteiger partial charge in [0.2, 0.25) is 5.88 Å². The molecule has 5 rings (SSSR count). The molecular weight excluding hydrogens is 460 g/mol. The van der Waals surface area contributed by atoms with Crippen molar-refractivity contribution in [2.24, 2.45) is 0 Å². The van der Waals surface area contributed by atoms with Gasteiger partial charge < -0.3 is 30.2 Å². The summed E-state index contributed by atoms with van der Waals surface area (Å²) in [6.07, 6.45) is 5.32. The molecule has 0 saturated carbocycles. The molecule has 0 unspecified atom stereocenters. The van der Waals surface area contributed by atoms with Gasteiger partial charge in [0.05, 0.1) is 48.4 Å². The minimum Gasteiger partial charge on any atom is -0.507 e. The van der Waals surface area contributed by atoms with Crippen molar-refractivity contribution in [1.29, 1.82) is 0 Å². The fourth-order valence-electron chi connectivity index (χ4n) is 4.03. The van der Waals surface area contributed by atoms with E-state index < -0.39 is 6.04 Å². The molecule has 0 fully saturated rings. The number of ether oxygens (including phenoxy) is 1. The first kappa shape index (κ1) is 23.1. The summed E-state index contributed by atoms with van der Waals surface area (Å²) >= 11 is 0. The van der Waals surface area contributed by atoms with Crippen molar-refractivity contribution in [1.82, 2.24) is 30.2 Å². The average molecular weight is 485 g/mol. The highest BCUT2D eigenvalue weighted by atomic mass is 16.5. The molecule has 3 heterocycles. The molecule has 182 valence electrons. The van der Waals surface area contributed by atoms with Crippen molar-refractivity contribution in [2.75, 3.05) is 13.7 Å². The standard InChI is InChI=1S/C26H24N6O4/c1-36-26-19(3-2-8-28-26)15-5-7-23(34)20(9-15)24-31-21-6-4-16(10-22(21)32-24)25(35)30-18(13-33)11-17-12-27-14-29-17/h2-10,12,14,18,33-34H,11,13H2,1H3,(H,27,29)(H,30,35)(H,31,32)/t18-/m0/s1. The summed E-state index contributed by atoms with van der Waals surface area (Å²) in [6, 6.07) is 13.5. The van der Waals surface area contributed by atoms with Gasteiger partial charge in [-0.3, -0.25) is 4.79 Å². The number of aromatic amines is 2. The zero-order chi connectivity index (χ0) is 25.1. The van der Waals surface area contributed by atoms with Crippen LogP contribution in [-0.2, 0) is 6.42 Å². The lowest BCUT2D eigenvalue weighted by Gasteiger charge is -2.15. The summed E-state index contributed by atoms with van der Waals surface area (Å²) in [4.78, 5) is 31.9. The Morgan fingerprint density at radius 2 is 2.03 bits per heavy atom. The number of rotatable bonds is 8. The topological polar surface area (TPSA) is 149 Å². The molecule has 2 aromatic carbocycles. The minimum absolute atomic E-state index is 0.0581. The summed E-state index contributed by atoms with van der Waals surface area (Å²) in [5.74, 6) is 0.659. The van der Waals surface area contributed by atoms with Gasteiger partial charge in [0, 0.05) is 29.9 Å². The molecule has 3 aromatic heterocycles. The van der Waals surface area contributed by atoms with Crippen LogP contribution in [0.15, 0.2) is 67.3 Å². The zero-order valence-electron chi connectivity index (χ0n) is 19.4. The molecule has 0 saturated heterocycles. The van der Waals surface area contributed by atoms with Crippen molar-refractivity contribution in [3.8, 4) is 34.1 Å². The van der Waals surface area contributed by atoms with Gasteiger partial charge >= 0.3 is 0 Å². The van der Waals surface area contributed by atoms with E-state index in [1.54, 1.807) is 62.2 Å². The number of aliphatic hydroxyl groups excluding tert-OH is 1. The Morgan fingerprint density at radius 1 is 1.14 bits per heavy atom. The van der Waals surface area contributed by atoms with Gasteiger partial charge in [0.15, 0.2) is 0 Å². The largest absolute Gasteiger partial charge is 0.507 e. The molecule has 5 N–H and O–H groups in total. The lowest BCUT2D eigenvalue weighted by atomic mass is 10.0. The number of aliphatic hydroxyl groups is 1. The number of benzene rings is 2. The highest BCUT2D eigenvalue weighted by Crippen LogP contribution is 2.35. The lowest BCUT2D eigenvalue weighted by molar-refractivity contribution is 0.0916.